The van der Waals surface area contributed by atoms with Crippen molar-refractivity contribution < 1.29 is 10.0 Å². The van der Waals surface area contributed by atoms with Crippen LogP contribution in [-0.2, 0) is 0 Å². The molecule has 0 aromatic heterocycles. The average molecular weight is 205 g/mol. The van der Waals surface area contributed by atoms with Gasteiger partial charge in [-0.05, 0) is 12.0 Å². The highest BCUT2D eigenvalue weighted by atomic mass is 16.6. The number of nitro benzene ring substituents is 1. The zero-order valence-electron chi connectivity index (χ0n) is 8.04. The number of aliphatic hydroxyl groups excluding tert-OH is 1. The van der Waals surface area contributed by atoms with E-state index >= 15 is 0 Å². The van der Waals surface area contributed by atoms with E-state index in [9.17, 15) is 15.2 Å². The van der Waals surface area contributed by atoms with Gasteiger partial charge >= 0.3 is 0 Å². The van der Waals surface area contributed by atoms with Gasteiger partial charge in [0.15, 0.2) is 0 Å². The van der Waals surface area contributed by atoms with Crippen molar-refractivity contribution in [3.8, 4) is 0 Å². The molecule has 0 radical (unpaired) electrons. The zero-order chi connectivity index (χ0) is 10.8. The third kappa shape index (κ3) is 2.05. The van der Waals surface area contributed by atoms with Crippen molar-refractivity contribution in [3.63, 3.8) is 0 Å². The molecule has 0 unspecified atom stereocenters. The number of allylic oxidation sites excluding steroid dienone is 1. The molecule has 1 aromatic carbocycles. The van der Waals surface area contributed by atoms with Crippen LogP contribution in [0.25, 0.3) is 0 Å². The van der Waals surface area contributed by atoms with Crippen molar-refractivity contribution in [2.75, 3.05) is 0 Å². The Morgan fingerprint density at radius 3 is 2.40 bits per heavy atom. The number of non-ortho nitro benzene ring substituents is 1. The molecule has 1 N–H and O–H groups in total. The summed E-state index contributed by atoms with van der Waals surface area (Å²) in [5.41, 5.74) is 1.11. The first-order chi connectivity index (χ1) is 7.16. The summed E-state index contributed by atoms with van der Waals surface area (Å²) in [6, 6.07) is 6.47. The zero-order valence-corrected chi connectivity index (χ0v) is 8.04. The second-order valence-electron chi connectivity index (χ2n) is 3.64. The summed E-state index contributed by atoms with van der Waals surface area (Å²) in [6.45, 7) is 0. The topological polar surface area (TPSA) is 63.4 Å². The third-order valence-corrected chi connectivity index (χ3v) is 2.59. The highest BCUT2D eigenvalue weighted by Crippen LogP contribution is 2.29. The van der Waals surface area contributed by atoms with Crippen molar-refractivity contribution in [2.24, 2.45) is 0 Å². The maximum atomic E-state index is 10.4. The summed E-state index contributed by atoms with van der Waals surface area (Å²) in [4.78, 5) is 10.0. The molecule has 0 fully saturated rings. The predicted octanol–water partition coefficient (Wildman–Crippen LogP) is 2.00. The monoisotopic (exact) mass is 205 g/mol. The lowest BCUT2D eigenvalue weighted by Crippen LogP contribution is -2.00. The van der Waals surface area contributed by atoms with Crippen molar-refractivity contribution in [2.45, 2.75) is 18.4 Å². The Bertz CT molecular complexity index is 397. The van der Waals surface area contributed by atoms with Crippen LogP contribution in [-0.4, -0.2) is 16.1 Å². The van der Waals surface area contributed by atoms with Gasteiger partial charge in [-0.1, -0.05) is 24.3 Å². The lowest BCUT2D eigenvalue weighted by molar-refractivity contribution is -0.384. The molecule has 0 heterocycles. The molecule has 1 aliphatic rings. The molecule has 2 rings (SSSR count). The average Bonchev–Trinajstić information content (AvgIpc) is 2.65. The molecule has 1 aromatic rings. The number of nitrogens with zero attached hydrogens (tertiary/aromatic N) is 1. The van der Waals surface area contributed by atoms with Crippen LogP contribution in [0.1, 0.15) is 17.9 Å². The van der Waals surface area contributed by atoms with Gasteiger partial charge in [-0.3, -0.25) is 10.1 Å². The third-order valence-electron chi connectivity index (χ3n) is 2.59. The van der Waals surface area contributed by atoms with Gasteiger partial charge < -0.3 is 5.11 Å². The fraction of sp³-hybridized carbons (Fsp3) is 0.273. The Labute approximate surface area is 87.0 Å². The molecule has 0 saturated carbocycles. The first-order valence-electron chi connectivity index (χ1n) is 4.77. The molecule has 78 valence electrons. The van der Waals surface area contributed by atoms with E-state index in [1.165, 1.54) is 12.1 Å². The molecule has 15 heavy (non-hydrogen) atoms. The molecule has 0 amide bonds. The van der Waals surface area contributed by atoms with Crippen LogP contribution < -0.4 is 0 Å². The molecule has 1 aliphatic carbocycles. The van der Waals surface area contributed by atoms with Gasteiger partial charge in [0.25, 0.3) is 5.69 Å². The number of rotatable bonds is 2. The van der Waals surface area contributed by atoms with Crippen molar-refractivity contribution in [1.82, 2.24) is 0 Å². The lowest BCUT2D eigenvalue weighted by atomic mass is 9.98. The number of hydrogen-bond acceptors (Lipinski definition) is 3. The highest BCUT2D eigenvalue weighted by molar-refractivity contribution is 5.36. The molecule has 0 spiro atoms. The summed E-state index contributed by atoms with van der Waals surface area (Å²) in [7, 11) is 0. The maximum absolute atomic E-state index is 10.4. The number of benzene rings is 1. The van der Waals surface area contributed by atoms with Crippen LogP contribution in [0.4, 0.5) is 5.69 Å². The summed E-state index contributed by atoms with van der Waals surface area (Å²) in [5, 5.41) is 19.7. The molecule has 4 nitrogen and oxygen atoms in total. The molecule has 4 heteroatoms. The Balaban J connectivity index is 2.17. The first kappa shape index (κ1) is 9.86. The molecule has 0 saturated heterocycles. The standard InChI is InChI=1S/C11H11NO3/c13-11-6-3-9(7-11)8-1-4-10(5-2-8)12(14)15/h1-6,9,11,13H,7H2/t9-,11+/m0/s1. The molecule has 0 bridgehead atoms. The van der Waals surface area contributed by atoms with Gasteiger partial charge in [0.2, 0.25) is 0 Å². The highest BCUT2D eigenvalue weighted by Gasteiger charge is 2.18. The largest absolute Gasteiger partial charge is 0.389 e. The molecule has 0 aliphatic heterocycles. The smallest absolute Gasteiger partial charge is 0.269 e. The van der Waals surface area contributed by atoms with E-state index in [-0.39, 0.29) is 17.7 Å². The van der Waals surface area contributed by atoms with E-state index in [0.29, 0.717) is 6.42 Å². The molecular formula is C11H11NO3. The van der Waals surface area contributed by atoms with Crippen LogP contribution in [0.3, 0.4) is 0 Å². The summed E-state index contributed by atoms with van der Waals surface area (Å²) in [5.74, 6) is 0.181. The molecule has 2 atom stereocenters. The summed E-state index contributed by atoms with van der Waals surface area (Å²) >= 11 is 0. The van der Waals surface area contributed by atoms with Crippen molar-refractivity contribution >= 4 is 5.69 Å². The van der Waals surface area contributed by atoms with Crippen LogP contribution in [0.2, 0.25) is 0 Å². The minimum absolute atomic E-state index is 0.0984. The van der Waals surface area contributed by atoms with Gasteiger partial charge in [-0.2, -0.15) is 0 Å². The normalized spacial score (nSPS) is 24.3. The Hall–Kier alpha value is -1.68. The molecular weight excluding hydrogens is 194 g/mol. The fourth-order valence-electron chi connectivity index (χ4n) is 1.77. The quantitative estimate of drug-likeness (QED) is 0.456. The Kier molecular flexibility index (Phi) is 2.51. The minimum Gasteiger partial charge on any atom is -0.389 e. The fourth-order valence-corrected chi connectivity index (χ4v) is 1.77. The van der Waals surface area contributed by atoms with E-state index in [1.54, 1.807) is 18.2 Å². The van der Waals surface area contributed by atoms with E-state index < -0.39 is 4.92 Å². The van der Waals surface area contributed by atoms with E-state index in [1.807, 2.05) is 6.08 Å². The number of hydrogen-bond donors (Lipinski definition) is 1. The SMILES string of the molecule is O=[N+]([O-])c1ccc([C@H]2C=C[C@@H](O)C2)cc1. The van der Waals surface area contributed by atoms with Gasteiger partial charge in [0.05, 0.1) is 11.0 Å². The van der Waals surface area contributed by atoms with Gasteiger partial charge in [0, 0.05) is 18.1 Å². The lowest BCUT2D eigenvalue weighted by Gasteiger charge is -2.08. The first-order valence-corrected chi connectivity index (χ1v) is 4.77. The second kappa shape index (κ2) is 3.82. The Morgan fingerprint density at radius 1 is 1.27 bits per heavy atom. The van der Waals surface area contributed by atoms with Gasteiger partial charge in [-0.25, -0.2) is 0 Å². The number of aliphatic hydroxyl groups is 1. The van der Waals surface area contributed by atoms with E-state index in [4.69, 9.17) is 0 Å². The van der Waals surface area contributed by atoms with Crippen LogP contribution in [0.15, 0.2) is 36.4 Å². The van der Waals surface area contributed by atoms with Crippen LogP contribution in [0.5, 0.6) is 0 Å². The van der Waals surface area contributed by atoms with E-state index in [2.05, 4.69) is 0 Å². The van der Waals surface area contributed by atoms with Gasteiger partial charge in [-0.15, -0.1) is 0 Å². The second-order valence-corrected chi connectivity index (χ2v) is 3.64. The summed E-state index contributed by atoms with van der Waals surface area (Å²) < 4.78 is 0. The van der Waals surface area contributed by atoms with Crippen molar-refractivity contribution in [1.29, 1.82) is 0 Å². The van der Waals surface area contributed by atoms with E-state index in [0.717, 1.165) is 5.56 Å². The summed E-state index contributed by atoms with van der Waals surface area (Å²) in [6.07, 6.45) is 3.97. The van der Waals surface area contributed by atoms with Crippen LogP contribution in [0, 0.1) is 10.1 Å². The van der Waals surface area contributed by atoms with Gasteiger partial charge in [0.1, 0.15) is 0 Å². The maximum Gasteiger partial charge on any atom is 0.269 e. The minimum atomic E-state index is -0.414. The predicted molar refractivity (Wildman–Crippen MR) is 55.6 cm³/mol. The van der Waals surface area contributed by atoms with Crippen LogP contribution >= 0.6 is 0 Å². The number of nitro groups is 1. The Morgan fingerprint density at radius 2 is 1.93 bits per heavy atom. The van der Waals surface area contributed by atoms with Crippen molar-refractivity contribution in [3.05, 3.63) is 52.1 Å².